The van der Waals surface area contributed by atoms with E-state index in [-0.39, 0.29) is 0 Å². The third-order valence-corrected chi connectivity index (χ3v) is 2.67. The fourth-order valence-corrected chi connectivity index (χ4v) is 1.74. The van der Waals surface area contributed by atoms with Crippen LogP contribution in [0.5, 0.6) is 0 Å². The van der Waals surface area contributed by atoms with Crippen molar-refractivity contribution in [3.63, 3.8) is 0 Å². The average molecular weight is 205 g/mol. The topological polar surface area (TPSA) is 68.9 Å². The second-order valence-corrected chi connectivity index (χ2v) is 3.64. The summed E-state index contributed by atoms with van der Waals surface area (Å²) in [6.45, 7) is 0. The lowest BCUT2D eigenvalue weighted by atomic mass is 10.4. The molecule has 2 aromatic rings. The predicted molar refractivity (Wildman–Crippen MR) is 53.9 cm³/mol. The molecule has 0 unspecified atom stereocenters. The Morgan fingerprint density at radius 3 is 2.79 bits per heavy atom. The molecule has 4 nitrogen and oxygen atoms in total. The zero-order valence-electron chi connectivity index (χ0n) is 7.18. The molecule has 0 saturated heterocycles. The molecule has 0 saturated carbocycles. The average Bonchev–Trinajstić information content (AvgIpc) is 2.68. The molecule has 14 heavy (non-hydrogen) atoms. The second kappa shape index (κ2) is 3.55. The number of carbonyl (C=O) groups is 1. The van der Waals surface area contributed by atoms with Gasteiger partial charge in [0.15, 0.2) is 0 Å². The van der Waals surface area contributed by atoms with Gasteiger partial charge in [-0.05, 0) is 12.1 Å². The van der Waals surface area contributed by atoms with Crippen molar-refractivity contribution in [1.82, 2.24) is 9.97 Å². The summed E-state index contributed by atoms with van der Waals surface area (Å²) in [6, 6.07) is 5.53. The van der Waals surface area contributed by atoms with E-state index in [0.29, 0.717) is 9.88 Å². The molecule has 1 amide bonds. The molecule has 2 aromatic heterocycles. The molecule has 0 aliphatic carbocycles. The van der Waals surface area contributed by atoms with Crippen molar-refractivity contribution in [2.75, 3.05) is 0 Å². The van der Waals surface area contributed by atoms with Gasteiger partial charge in [0.2, 0.25) is 0 Å². The van der Waals surface area contributed by atoms with Crippen molar-refractivity contribution in [1.29, 1.82) is 0 Å². The van der Waals surface area contributed by atoms with Gasteiger partial charge in [-0.15, -0.1) is 11.3 Å². The number of primary amides is 1. The highest BCUT2D eigenvalue weighted by Crippen LogP contribution is 2.22. The van der Waals surface area contributed by atoms with Gasteiger partial charge in [0.1, 0.15) is 9.88 Å². The van der Waals surface area contributed by atoms with Gasteiger partial charge in [-0.2, -0.15) is 0 Å². The van der Waals surface area contributed by atoms with Crippen molar-refractivity contribution in [2.24, 2.45) is 5.73 Å². The van der Waals surface area contributed by atoms with Crippen LogP contribution in [0.25, 0.3) is 10.7 Å². The summed E-state index contributed by atoms with van der Waals surface area (Å²) >= 11 is 1.25. The first kappa shape index (κ1) is 8.83. The number of pyridine rings is 1. The molecule has 2 N–H and O–H groups in total. The third kappa shape index (κ3) is 1.62. The number of nitrogens with two attached hydrogens (primary N) is 1. The smallest absolute Gasteiger partial charge is 0.260 e. The normalized spacial score (nSPS) is 10.0. The minimum atomic E-state index is -0.454. The fourth-order valence-electron chi connectivity index (χ4n) is 0.996. The third-order valence-electron chi connectivity index (χ3n) is 1.63. The monoisotopic (exact) mass is 205 g/mol. The zero-order chi connectivity index (χ0) is 9.97. The molecule has 5 heteroatoms. The molecule has 0 atom stereocenters. The highest BCUT2D eigenvalue weighted by atomic mass is 32.1. The van der Waals surface area contributed by atoms with Crippen LogP contribution in [-0.4, -0.2) is 15.9 Å². The SMILES string of the molecule is NC(=O)c1cnc(-c2ccccn2)s1. The van der Waals surface area contributed by atoms with Crippen LogP contribution in [0.1, 0.15) is 9.67 Å². The minimum Gasteiger partial charge on any atom is -0.365 e. The van der Waals surface area contributed by atoms with Crippen molar-refractivity contribution in [3.05, 3.63) is 35.5 Å². The van der Waals surface area contributed by atoms with E-state index in [1.54, 1.807) is 6.20 Å². The molecule has 0 radical (unpaired) electrons. The number of aromatic nitrogens is 2. The Hall–Kier alpha value is -1.75. The van der Waals surface area contributed by atoms with Gasteiger partial charge in [-0.25, -0.2) is 4.98 Å². The van der Waals surface area contributed by atoms with Crippen LogP contribution in [0.2, 0.25) is 0 Å². The van der Waals surface area contributed by atoms with Crippen LogP contribution < -0.4 is 5.73 Å². The molecule has 0 aliphatic heterocycles. The molecule has 70 valence electrons. The van der Waals surface area contributed by atoms with E-state index in [1.807, 2.05) is 18.2 Å². The maximum atomic E-state index is 10.8. The molecule has 2 heterocycles. The Morgan fingerprint density at radius 2 is 2.21 bits per heavy atom. The predicted octanol–water partition coefficient (Wildman–Crippen LogP) is 1.30. The van der Waals surface area contributed by atoms with E-state index in [1.165, 1.54) is 17.5 Å². The highest BCUT2D eigenvalue weighted by Gasteiger charge is 2.08. The van der Waals surface area contributed by atoms with E-state index >= 15 is 0 Å². The van der Waals surface area contributed by atoms with Crippen LogP contribution in [0.3, 0.4) is 0 Å². The summed E-state index contributed by atoms with van der Waals surface area (Å²) in [6.07, 6.45) is 3.15. The van der Waals surface area contributed by atoms with Crippen molar-refractivity contribution >= 4 is 17.2 Å². The number of amides is 1. The van der Waals surface area contributed by atoms with Gasteiger partial charge >= 0.3 is 0 Å². The largest absolute Gasteiger partial charge is 0.365 e. The van der Waals surface area contributed by atoms with Gasteiger partial charge in [-0.1, -0.05) is 6.07 Å². The van der Waals surface area contributed by atoms with E-state index in [2.05, 4.69) is 9.97 Å². The van der Waals surface area contributed by atoms with Gasteiger partial charge in [0.05, 0.1) is 11.9 Å². The van der Waals surface area contributed by atoms with E-state index in [9.17, 15) is 4.79 Å². The number of hydrogen-bond donors (Lipinski definition) is 1. The summed E-state index contributed by atoms with van der Waals surface area (Å²) in [5.41, 5.74) is 5.87. The lowest BCUT2D eigenvalue weighted by Crippen LogP contribution is -2.08. The van der Waals surface area contributed by atoms with Crippen molar-refractivity contribution in [3.8, 4) is 10.7 Å². The summed E-state index contributed by atoms with van der Waals surface area (Å²) in [4.78, 5) is 19.4. The number of nitrogens with zero attached hydrogens (tertiary/aromatic N) is 2. The molecule has 0 aromatic carbocycles. The van der Waals surface area contributed by atoms with Crippen LogP contribution >= 0.6 is 11.3 Å². The van der Waals surface area contributed by atoms with Crippen molar-refractivity contribution in [2.45, 2.75) is 0 Å². The lowest BCUT2D eigenvalue weighted by molar-refractivity contribution is 0.100. The molecule has 0 spiro atoms. The van der Waals surface area contributed by atoms with Gasteiger partial charge in [0, 0.05) is 6.20 Å². The quantitative estimate of drug-likeness (QED) is 0.803. The number of hydrogen-bond acceptors (Lipinski definition) is 4. The standard InChI is InChI=1S/C9H7N3OS/c10-8(13)7-5-12-9(14-7)6-3-1-2-4-11-6/h1-5H,(H2,10,13). The summed E-state index contributed by atoms with van der Waals surface area (Å²) in [5.74, 6) is -0.454. The lowest BCUT2D eigenvalue weighted by Gasteiger charge is -1.91. The van der Waals surface area contributed by atoms with Crippen LogP contribution in [0.15, 0.2) is 30.6 Å². The first-order chi connectivity index (χ1) is 6.77. The summed E-state index contributed by atoms with van der Waals surface area (Å²) in [5, 5.41) is 0.708. The Balaban J connectivity index is 2.39. The van der Waals surface area contributed by atoms with Crippen LogP contribution in [-0.2, 0) is 0 Å². The molecule has 0 aliphatic rings. The van der Waals surface area contributed by atoms with E-state index in [4.69, 9.17) is 5.73 Å². The van der Waals surface area contributed by atoms with Crippen LogP contribution in [0.4, 0.5) is 0 Å². The first-order valence-corrected chi connectivity index (χ1v) is 4.76. The Bertz CT molecular complexity index is 452. The Morgan fingerprint density at radius 1 is 1.36 bits per heavy atom. The van der Waals surface area contributed by atoms with Gasteiger partial charge in [-0.3, -0.25) is 9.78 Å². The second-order valence-electron chi connectivity index (χ2n) is 2.61. The maximum Gasteiger partial charge on any atom is 0.260 e. The summed E-state index contributed by atoms with van der Waals surface area (Å²) < 4.78 is 0. The number of thiazole rings is 1. The Labute approximate surface area is 84.4 Å². The minimum absolute atomic E-state index is 0.450. The van der Waals surface area contributed by atoms with Crippen molar-refractivity contribution < 1.29 is 4.79 Å². The van der Waals surface area contributed by atoms with E-state index in [0.717, 1.165) is 5.69 Å². The number of rotatable bonds is 2. The summed E-state index contributed by atoms with van der Waals surface area (Å²) in [7, 11) is 0. The number of carbonyl (C=O) groups excluding carboxylic acids is 1. The van der Waals surface area contributed by atoms with Crippen LogP contribution in [0, 0.1) is 0 Å². The first-order valence-electron chi connectivity index (χ1n) is 3.94. The van der Waals surface area contributed by atoms with E-state index < -0.39 is 5.91 Å². The molecular weight excluding hydrogens is 198 g/mol. The fraction of sp³-hybridized carbons (Fsp3) is 0. The highest BCUT2D eigenvalue weighted by molar-refractivity contribution is 7.16. The zero-order valence-corrected chi connectivity index (χ0v) is 7.99. The Kier molecular flexibility index (Phi) is 2.24. The molecule has 0 bridgehead atoms. The van der Waals surface area contributed by atoms with Gasteiger partial charge < -0.3 is 5.73 Å². The maximum absolute atomic E-state index is 10.8. The van der Waals surface area contributed by atoms with Gasteiger partial charge in [0.25, 0.3) is 5.91 Å². The molecule has 2 rings (SSSR count). The molecule has 0 fully saturated rings. The molecular formula is C9H7N3OS.